The van der Waals surface area contributed by atoms with E-state index in [1.54, 1.807) is 52.7 Å². The van der Waals surface area contributed by atoms with Gasteiger partial charge in [0.25, 0.3) is 11.8 Å². The number of fused-ring (bicyclic) bond motifs is 2. The van der Waals surface area contributed by atoms with Crippen molar-refractivity contribution >= 4 is 52.7 Å². The number of esters is 1. The molecule has 1 atom stereocenters. The van der Waals surface area contributed by atoms with Crippen LogP contribution in [0.2, 0.25) is 0 Å². The van der Waals surface area contributed by atoms with Crippen molar-refractivity contribution < 1.29 is 19.1 Å². The number of benzene rings is 3. The SMILES string of the molecule is CSCCC(NC(=O)c1ccccc1)C(=O)OCC(=O)N1c2ccccc2Sc2ccccc21. The van der Waals surface area contributed by atoms with Crippen molar-refractivity contribution in [3.05, 3.63) is 84.4 Å². The van der Waals surface area contributed by atoms with Crippen molar-refractivity contribution in [1.29, 1.82) is 0 Å². The molecule has 3 aromatic rings. The first kappa shape index (κ1) is 23.9. The van der Waals surface area contributed by atoms with Crippen LogP contribution in [-0.2, 0) is 14.3 Å². The first-order valence-corrected chi connectivity index (χ1v) is 13.0. The molecule has 0 bridgehead atoms. The van der Waals surface area contributed by atoms with E-state index in [1.807, 2.05) is 60.9 Å². The molecule has 1 aliphatic heterocycles. The van der Waals surface area contributed by atoms with E-state index < -0.39 is 18.6 Å². The van der Waals surface area contributed by atoms with Crippen LogP contribution in [0.5, 0.6) is 0 Å². The molecule has 174 valence electrons. The van der Waals surface area contributed by atoms with Crippen LogP contribution >= 0.6 is 23.5 Å². The summed E-state index contributed by atoms with van der Waals surface area (Å²) in [6, 6.07) is 23.1. The standard InChI is InChI=1S/C26H24N2O4S2/c1-33-16-15-19(27-25(30)18-9-3-2-4-10-18)26(31)32-17-24(29)28-20-11-5-7-13-22(20)34-23-14-8-6-12-21(23)28/h2-14,19H,15-17H2,1H3,(H,27,30). The first-order valence-electron chi connectivity index (χ1n) is 10.8. The third-order valence-corrected chi connectivity index (χ3v) is 7.03. The predicted octanol–water partition coefficient (Wildman–Crippen LogP) is 4.91. The lowest BCUT2D eigenvalue weighted by Crippen LogP contribution is -2.43. The Kier molecular flexibility index (Phi) is 7.92. The van der Waals surface area contributed by atoms with E-state index in [0.29, 0.717) is 17.7 Å². The second-order valence-corrected chi connectivity index (χ2v) is 9.62. The Hall–Kier alpha value is -3.23. The number of hydrogen-bond donors (Lipinski definition) is 1. The molecule has 2 amide bonds. The van der Waals surface area contributed by atoms with Crippen LogP contribution < -0.4 is 10.2 Å². The van der Waals surface area contributed by atoms with Gasteiger partial charge < -0.3 is 10.1 Å². The molecule has 8 heteroatoms. The van der Waals surface area contributed by atoms with Gasteiger partial charge in [-0.2, -0.15) is 11.8 Å². The Morgan fingerprint density at radius 3 is 2.12 bits per heavy atom. The molecule has 1 N–H and O–H groups in total. The molecular weight excluding hydrogens is 468 g/mol. The third-order valence-electron chi connectivity index (χ3n) is 5.26. The fourth-order valence-corrected chi connectivity index (χ4v) is 5.12. The van der Waals surface area contributed by atoms with Crippen LogP contribution in [0, 0.1) is 0 Å². The number of amides is 2. The molecule has 4 rings (SSSR count). The molecule has 3 aromatic carbocycles. The number of carbonyl (C=O) groups excluding carboxylic acids is 3. The second kappa shape index (κ2) is 11.3. The zero-order chi connectivity index (χ0) is 23.9. The number of rotatable bonds is 8. The molecule has 34 heavy (non-hydrogen) atoms. The molecule has 0 spiro atoms. The lowest BCUT2D eigenvalue weighted by Gasteiger charge is -2.31. The summed E-state index contributed by atoms with van der Waals surface area (Å²) in [6.07, 6.45) is 2.33. The third kappa shape index (κ3) is 5.46. The lowest BCUT2D eigenvalue weighted by atomic mass is 10.1. The van der Waals surface area contributed by atoms with E-state index in [-0.39, 0.29) is 11.8 Å². The summed E-state index contributed by atoms with van der Waals surface area (Å²) < 4.78 is 5.42. The second-order valence-electron chi connectivity index (χ2n) is 7.55. The van der Waals surface area contributed by atoms with Crippen molar-refractivity contribution in [1.82, 2.24) is 5.32 Å². The van der Waals surface area contributed by atoms with Gasteiger partial charge in [-0.25, -0.2) is 4.79 Å². The van der Waals surface area contributed by atoms with Crippen molar-refractivity contribution in [2.24, 2.45) is 0 Å². The van der Waals surface area contributed by atoms with Gasteiger partial charge in [-0.05, 0) is 54.8 Å². The summed E-state index contributed by atoms with van der Waals surface area (Å²) in [6.45, 7) is -0.427. The molecule has 0 saturated carbocycles. The fourth-order valence-electron chi connectivity index (χ4n) is 3.59. The molecule has 1 heterocycles. The summed E-state index contributed by atoms with van der Waals surface area (Å²) in [4.78, 5) is 42.2. The van der Waals surface area contributed by atoms with E-state index in [2.05, 4.69) is 5.32 Å². The zero-order valence-corrected chi connectivity index (χ0v) is 20.2. The summed E-state index contributed by atoms with van der Waals surface area (Å²) in [5.41, 5.74) is 1.96. The summed E-state index contributed by atoms with van der Waals surface area (Å²) in [7, 11) is 0. The Bertz CT molecular complexity index is 1140. The van der Waals surface area contributed by atoms with E-state index in [9.17, 15) is 14.4 Å². The van der Waals surface area contributed by atoms with Gasteiger partial charge in [0.15, 0.2) is 6.61 Å². The van der Waals surface area contributed by atoms with Crippen molar-refractivity contribution in [3.8, 4) is 0 Å². The number of thioether (sulfide) groups is 1. The number of anilines is 2. The highest BCUT2D eigenvalue weighted by Gasteiger charge is 2.30. The van der Waals surface area contributed by atoms with Gasteiger partial charge in [-0.3, -0.25) is 14.5 Å². The quantitative estimate of drug-likeness (QED) is 0.451. The van der Waals surface area contributed by atoms with Crippen LogP contribution in [0.25, 0.3) is 0 Å². The minimum Gasteiger partial charge on any atom is -0.454 e. The fraction of sp³-hybridized carbons (Fsp3) is 0.192. The highest BCUT2D eigenvalue weighted by atomic mass is 32.2. The Morgan fingerprint density at radius 2 is 1.50 bits per heavy atom. The van der Waals surface area contributed by atoms with E-state index >= 15 is 0 Å². The van der Waals surface area contributed by atoms with Gasteiger partial charge in [0.1, 0.15) is 6.04 Å². The van der Waals surface area contributed by atoms with Crippen LogP contribution in [0.3, 0.4) is 0 Å². The molecule has 0 radical (unpaired) electrons. The topological polar surface area (TPSA) is 75.7 Å². The van der Waals surface area contributed by atoms with Gasteiger partial charge in [0, 0.05) is 15.4 Å². The smallest absolute Gasteiger partial charge is 0.329 e. The Labute approximate surface area is 207 Å². The molecular formula is C26H24N2O4S2. The zero-order valence-electron chi connectivity index (χ0n) is 18.6. The number of hydrogen-bond acceptors (Lipinski definition) is 6. The number of para-hydroxylation sites is 2. The average molecular weight is 493 g/mol. The molecule has 0 fully saturated rings. The van der Waals surface area contributed by atoms with Crippen molar-refractivity contribution in [2.75, 3.05) is 23.5 Å². The number of carbonyl (C=O) groups is 3. The van der Waals surface area contributed by atoms with E-state index in [4.69, 9.17) is 4.74 Å². The minimum atomic E-state index is -0.843. The highest BCUT2D eigenvalue weighted by molar-refractivity contribution is 7.99. The van der Waals surface area contributed by atoms with Crippen LogP contribution in [0.1, 0.15) is 16.8 Å². The van der Waals surface area contributed by atoms with Gasteiger partial charge in [-0.1, -0.05) is 54.2 Å². The van der Waals surface area contributed by atoms with Gasteiger partial charge in [-0.15, -0.1) is 0 Å². The maximum atomic E-state index is 13.3. The van der Waals surface area contributed by atoms with Gasteiger partial charge in [0.05, 0.1) is 11.4 Å². The monoisotopic (exact) mass is 492 g/mol. The lowest BCUT2D eigenvalue weighted by molar-refractivity contribution is -0.149. The number of ether oxygens (including phenoxy) is 1. The highest BCUT2D eigenvalue weighted by Crippen LogP contribution is 2.47. The largest absolute Gasteiger partial charge is 0.454 e. The molecule has 0 saturated heterocycles. The van der Waals surface area contributed by atoms with E-state index in [0.717, 1.165) is 21.2 Å². The molecule has 1 aliphatic rings. The van der Waals surface area contributed by atoms with Crippen LogP contribution in [0.4, 0.5) is 11.4 Å². The maximum absolute atomic E-state index is 13.3. The maximum Gasteiger partial charge on any atom is 0.329 e. The molecule has 6 nitrogen and oxygen atoms in total. The van der Waals surface area contributed by atoms with Crippen molar-refractivity contribution in [3.63, 3.8) is 0 Å². The molecule has 1 unspecified atom stereocenters. The molecule has 0 aromatic heterocycles. The summed E-state index contributed by atoms with van der Waals surface area (Å²) in [5.74, 6) is -0.676. The predicted molar refractivity (Wildman–Crippen MR) is 136 cm³/mol. The first-order chi connectivity index (χ1) is 16.6. The van der Waals surface area contributed by atoms with Gasteiger partial charge in [0.2, 0.25) is 0 Å². The molecule has 0 aliphatic carbocycles. The minimum absolute atomic E-state index is 0.355. The van der Waals surface area contributed by atoms with Crippen LogP contribution in [0.15, 0.2) is 88.7 Å². The van der Waals surface area contributed by atoms with Gasteiger partial charge >= 0.3 is 5.97 Å². The Balaban J connectivity index is 1.47. The summed E-state index contributed by atoms with van der Waals surface area (Å²) in [5, 5.41) is 2.75. The Morgan fingerprint density at radius 1 is 0.912 bits per heavy atom. The number of nitrogens with zero attached hydrogens (tertiary/aromatic N) is 1. The normalized spacial score (nSPS) is 12.8. The van der Waals surface area contributed by atoms with E-state index in [1.165, 1.54) is 0 Å². The summed E-state index contributed by atoms with van der Waals surface area (Å²) >= 11 is 3.16. The number of nitrogens with one attached hydrogen (secondary N) is 1. The van der Waals surface area contributed by atoms with Crippen molar-refractivity contribution in [2.45, 2.75) is 22.3 Å². The van der Waals surface area contributed by atoms with Crippen LogP contribution in [-0.4, -0.2) is 42.4 Å². The average Bonchev–Trinajstić information content (AvgIpc) is 2.88.